The first-order valence-corrected chi connectivity index (χ1v) is 5.39. The number of aliphatic hydroxyl groups is 1. The lowest BCUT2D eigenvalue weighted by atomic mass is 9.77. The molecule has 0 saturated heterocycles. The highest BCUT2D eigenvalue weighted by atomic mass is 16.5. The molecule has 0 fully saturated rings. The second-order valence-electron chi connectivity index (χ2n) is 4.07. The summed E-state index contributed by atoms with van der Waals surface area (Å²) in [6, 6.07) is 0. The Kier molecular flexibility index (Phi) is 5.24. The van der Waals surface area contributed by atoms with Gasteiger partial charge in [-0.05, 0) is 19.8 Å². The molecule has 0 saturated carbocycles. The van der Waals surface area contributed by atoms with Gasteiger partial charge in [-0.15, -0.1) is 0 Å². The van der Waals surface area contributed by atoms with Crippen molar-refractivity contribution in [3.05, 3.63) is 0 Å². The van der Waals surface area contributed by atoms with Crippen LogP contribution in [0.25, 0.3) is 0 Å². The summed E-state index contributed by atoms with van der Waals surface area (Å²) in [5.41, 5.74) is -2.82. The first-order valence-electron chi connectivity index (χ1n) is 5.39. The van der Waals surface area contributed by atoms with Crippen LogP contribution in [-0.4, -0.2) is 34.5 Å². The van der Waals surface area contributed by atoms with Crippen LogP contribution in [0, 0.1) is 0 Å². The van der Waals surface area contributed by atoms with Crippen molar-refractivity contribution < 1.29 is 19.7 Å². The second kappa shape index (κ2) is 5.47. The van der Waals surface area contributed by atoms with E-state index in [4.69, 9.17) is 9.84 Å². The van der Waals surface area contributed by atoms with E-state index in [9.17, 15) is 9.90 Å². The van der Waals surface area contributed by atoms with Crippen LogP contribution in [0.5, 0.6) is 0 Å². The molecule has 4 heteroatoms. The molecular formula is C11H22O4. The van der Waals surface area contributed by atoms with E-state index in [1.54, 1.807) is 0 Å². The highest BCUT2D eigenvalue weighted by Gasteiger charge is 2.52. The standard InChI is InChI=1S/C11H22O4/c1-5-7-11(14,8-6-2)10(3,15-4)9(12)13/h14H,5-8H2,1-4H3,(H,12,13). The molecule has 0 bridgehead atoms. The van der Waals surface area contributed by atoms with Gasteiger partial charge >= 0.3 is 5.97 Å². The quantitative estimate of drug-likeness (QED) is 0.684. The van der Waals surface area contributed by atoms with E-state index in [-0.39, 0.29) is 0 Å². The Morgan fingerprint density at radius 3 is 1.87 bits per heavy atom. The average Bonchev–Trinajstić information content (AvgIpc) is 2.16. The Morgan fingerprint density at radius 1 is 1.27 bits per heavy atom. The van der Waals surface area contributed by atoms with Gasteiger partial charge in [-0.25, -0.2) is 4.79 Å². The van der Waals surface area contributed by atoms with E-state index >= 15 is 0 Å². The molecule has 0 aliphatic carbocycles. The molecule has 0 rings (SSSR count). The summed E-state index contributed by atoms with van der Waals surface area (Å²) in [6.45, 7) is 5.26. The van der Waals surface area contributed by atoms with E-state index < -0.39 is 17.2 Å². The van der Waals surface area contributed by atoms with Gasteiger partial charge in [0.2, 0.25) is 0 Å². The minimum Gasteiger partial charge on any atom is -0.479 e. The summed E-state index contributed by atoms with van der Waals surface area (Å²) in [5, 5.41) is 19.5. The molecule has 1 atom stereocenters. The van der Waals surface area contributed by atoms with Crippen molar-refractivity contribution >= 4 is 5.97 Å². The smallest absolute Gasteiger partial charge is 0.338 e. The lowest BCUT2D eigenvalue weighted by Crippen LogP contribution is -2.58. The normalized spacial score (nSPS) is 16.1. The van der Waals surface area contributed by atoms with E-state index in [1.165, 1.54) is 14.0 Å². The largest absolute Gasteiger partial charge is 0.479 e. The molecule has 90 valence electrons. The zero-order valence-electron chi connectivity index (χ0n) is 10.0. The summed E-state index contributed by atoms with van der Waals surface area (Å²) in [7, 11) is 1.32. The van der Waals surface area contributed by atoms with Crippen LogP contribution in [0.1, 0.15) is 46.5 Å². The molecular weight excluding hydrogens is 196 g/mol. The predicted molar refractivity (Wildman–Crippen MR) is 57.8 cm³/mol. The van der Waals surface area contributed by atoms with Crippen molar-refractivity contribution in [3.8, 4) is 0 Å². The maximum Gasteiger partial charge on any atom is 0.338 e. The third-order valence-corrected chi connectivity index (χ3v) is 3.03. The number of ether oxygens (including phenoxy) is 1. The summed E-state index contributed by atoms with van der Waals surface area (Å²) in [4.78, 5) is 11.2. The van der Waals surface area contributed by atoms with Crippen LogP contribution >= 0.6 is 0 Å². The van der Waals surface area contributed by atoms with Crippen LogP contribution in [0.15, 0.2) is 0 Å². The Labute approximate surface area is 91.3 Å². The fraction of sp³-hybridized carbons (Fsp3) is 0.909. The first kappa shape index (κ1) is 14.4. The number of aliphatic carboxylic acids is 1. The molecule has 0 aromatic heterocycles. The van der Waals surface area contributed by atoms with Gasteiger partial charge in [0.15, 0.2) is 5.60 Å². The maximum absolute atomic E-state index is 11.2. The third kappa shape index (κ3) is 2.69. The number of carboxylic acids is 1. The Bertz CT molecular complexity index is 209. The fourth-order valence-electron chi connectivity index (χ4n) is 1.91. The van der Waals surface area contributed by atoms with Crippen molar-refractivity contribution in [2.45, 2.75) is 57.7 Å². The molecule has 0 amide bonds. The summed E-state index contributed by atoms with van der Waals surface area (Å²) < 4.78 is 5.02. The Morgan fingerprint density at radius 2 is 1.67 bits per heavy atom. The molecule has 15 heavy (non-hydrogen) atoms. The molecule has 0 aromatic carbocycles. The molecule has 0 heterocycles. The predicted octanol–water partition coefficient (Wildman–Crippen LogP) is 1.81. The number of hydrogen-bond donors (Lipinski definition) is 2. The molecule has 4 nitrogen and oxygen atoms in total. The lowest BCUT2D eigenvalue weighted by Gasteiger charge is -2.40. The van der Waals surface area contributed by atoms with Gasteiger partial charge in [-0.2, -0.15) is 0 Å². The number of carboxylic acid groups (broad SMARTS) is 1. The second-order valence-corrected chi connectivity index (χ2v) is 4.07. The van der Waals surface area contributed by atoms with Gasteiger partial charge < -0.3 is 14.9 Å². The van der Waals surface area contributed by atoms with Gasteiger partial charge in [-0.3, -0.25) is 0 Å². The van der Waals surface area contributed by atoms with Gasteiger partial charge in [0, 0.05) is 7.11 Å². The highest BCUT2D eigenvalue weighted by molar-refractivity contribution is 5.78. The van der Waals surface area contributed by atoms with Crippen molar-refractivity contribution in [2.24, 2.45) is 0 Å². The van der Waals surface area contributed by atoms with Crippen LogP contribution < -0.4 is 0 Å². The van der Waals surface area contributed by atoms with Gasteiger partial charge in [0.1, 0.15) is 5.60 Å². The number of rotatable bonds is 7. The van der Waals surface area contributed by atoms with E-state index in [1.807, 2.05) is 13.8 Å². The van der Waals surface area contributed by atoms with Gasteiger partial charge in [0.05, 0.1) is 0 Å². The van der Waals surface area contributed by atoms with E-state index in [2.05, 4.69) is 0 Å². The van der Waals surface area contributed by atoms with Gasteiger partial charge in [-0.1, -0.05) is 26.7 Å². The minimum absolute atomic E-state index is 0.428. The van der Waals surface area contributed by atoms with E-state index in [0.717, 1.165) is 12.8 Å². The molecule has 0 spiro atoms. The van der Waals surface area contributed by atoms with Crippen LogP contribution in [-0.2, 0) is 9.53 Å². The highest BCUT2D eigenvalue weighted by Crippen LogP contribution is 2.34. The van der Waals surface area contributed by atoms with Crippen molar-refractivity contribution in [1.29, 1.82) is 0 Å². The maximum atomic E-state index is 11.2. The van der Waals surface area contributed by atoms with Gasteiger partial charge in [0.25, 0.3) is 0 Å². The zero-order chi connectivity index (χ0) is 12.1. The average molecular weight is 218 g/mol. The van der Waals surface area contributed by atoms with Crippen molar-refractivity contribution in [1.82, 2.24) is 0 Å². The Balaban J connectivity index is 5.08. The minimum atomic E-state index is -1.53. The Hall–Kier alpha value is -0.610. The topological polar surface area (TPSA) is 66.8 Å². The summed E-state index contributed by atoms with van der Waals surface area (Å²) >= 11 is 0. The van der Waals surface area contributed by atoms with Crippen LogP contribution in [0.4, 0.5) is 0 Å². The number of carbonyl (C=O) groups is 1. The van der Waals surface area contributed by atoms with Crippen LogP contribution in [0.3, 0.4) is 0 Å². The first-order chi connectivity index (χ1) is 6.88. The molecule has 1 unspecified atom stereocenters. The fourth-order valence-corrected chi connectivity index (χ4v) is 1.91. The monoisotopic (exact) mass is 218 g/mol. The molecule has 0 aliphatic heterocycles. The third-order valence-electron chi connectivity index (χ3n) is 3.03. The lowest BCUT2D eigenvalue weighted by molar-refractivity contribution is -0.199. The van der Waals surface area contributed by atoms with Crippen LogP contribution in [0.2, 0.25) is 0 Å². The summed E-state index contributed by atoms with van der Waals surface area (Å²) in [6.07, 6.45) is 2.31. The SMILES string of the molecule is CCCC(O)(CCC)C(C)(OC)C(=O)O. The molecule has 0 aliphatic rings. The van der Waals surface area contributed by atoms with Crippen molar-refractivity contribution in [2.75, 3.05) is 7.11 Å². The summed E-state index contributed by atoms with van der Waals surface area (Å²) in [5.74, 6) is -1.12. The number of methoxy groups -OCH3 is 1. The molecule has 0 radical (unpaired) electrons. The van der Waals surface area contributed by atoms with E-state index in [0.29, 0.717) is 12.8 Å². The molecule has 0 aromatic rings. The molecule has 2 N–H and O–H groups in total. The van der Waals surface area contributed by atoms with Crippen molar-refractivity contribution in [3.63, 3.8) is 0 Å². The zero-order valence-corrected chi connectivity index (χ0v) is 10.0. The number of hydrogen-bond acceptors (Lipinski definition) is 3.